The van der Waals surface area contributed by atoms with Crippen LogP contribution < -0.4 is 5.32 Å². The molecule has 2 aliphatic rings. The zero-order chi connectivity index (χ0) is 17.2. The highest BCUT2D eigenvalue weighted by molar-refractivity contribution is 5.91. The minimum atomic E-state index is -0.0177. The van der Waals surface area contributed by atoms with Gasteiger partial charge in [0.1, 0.15) is 0 Å². The van der Waals surface area contributed by atoms with Gasteiger partial charge in [0.25, 0.3) is 0 Å². The van der Waals surface area contributed by atoms with Crippen LogP contribution in [-0.2, 0) is 6.42 Å². The zero-order valence-corrected chi connectivity index (χ0v) is 14.4. The lowest BCUT2D eigenvalue weighted by molar-refractivity contribution is 0.204. The Morgan fingerprint density at radius 2 is 1.88 bits per heavy atom. The summed E-state index contributed by atoms with van der Waals surface area (Å²) >= 11 is 0. The lowest BCUT2D eigenvalue weighted by Gasteiger charge is -2.23. The second-order valence-electron chi connectivity index (χ2n) is 6.99. The number of nitrogens with zero attached hydrogens (tertiary/aromatic N) is 1. The molecule has 0 heterocycles. The van der Waals surface area contributed by atoms with Crippen LogP contribution in [0.15, 0.2) is 42.5 Å². The molecule has 4 heteroatoms. The largest absolute Gasteiger partial charge is 0.396 e. The normalized spacial score (nSPS) is 14.8. The maximum Gasteiger partial charge on any atom is 0.322 e. The van der Waals surface area contributed by atoms with Crippen LogP contribution in [0.4, 0.5) is 10.5 Å². The van der Waals surface area contributed by atoms with Crippen LogP contribution in [0, 0.1) is 0 Å². The van der Waals surface area contributed by atoms with Gasteiger partial charge in [-0.05, 0) is 66.5 Å². The van der Waals surface area contributed by atoms with Crippen molar-refractivity contribution in [2.45, 2.75) is 38.1 Å². The molecule has 0 unspecified atom stereocenters. The van der Waals surface area contributed by atoms with Gasteiger partial charge in [0.2, 0.25) is 0 Å². The summed E-state index contributed by atoms with van der Waals surface area (Å²) in [4.78, 5) is 14.6. The quantitative estimate of drug-likeness (QED) is 0.668. The van der Waals surface area contributed by atoms with Gasteiger partial charge >= 0.3 is 6.03 Å². The SMILES string of the molecule is O=C(Nc1ccc2c(c1)Cc1ccccc1-2)N(CCCCO)C1CC1. The molecule has 0 aromatic heterocycles. The van der Waals surface area contributed by atoms with Crippen molar-refractivity contribution >= 4 is 11.7 Å². The molecule has 1 saturated carbocycles. The third-order valence-electron chi connectivity index (χ3n) is 5.10. The summed E-state index contributed by atoms with van der Waals surface area (Å²) in [5.74, 6) is 0. The molecular formula is C21H24N2O2. The summed E-state index contributed by atoms with van der Waals surface area (Å²) in [6.45, 7) is 0.902. The van der Waals surface area contributed by atoms with Crippen molar-refractivity contribution in [2.24, 2.45) is 0 Å². The van der Waals surface area contributed by atoms with E-state index in [9.17, 15) is 4.79 Å². The van der Waals surface area contributed by atoms with Crippen molar-refractivity contribution in [1.29, 1.82) is 0 Å². The van der Waals surface area contributed by atoms with Gasteiger partial charge in [0, 0.05) is 24.9 Å². The molecule has 25 heavy (non-hydrogen) atoms. The van der Waals surface area contributed by atoms with Crippen LogP contribution in [0.3, 0.4) is 0 Å². The number of fused-ring (bicyclic) bond motifs is 3. The second kappa shape index (κ2) is 6.89. The molecule has 130 valence electrons. The zero-order valence-electron chi connectivity index (χ0n) is 14.4. The van der Waals surface area contributed by atoms with Gasteiger partial charge in [-0.1, -0.05) is 30.3 Å². The van der Waals surface area contributed by atoms with E-state index in [1.807, 2.05) is 11.0 Å². The monoisotopic (exact) mass is 336 g/mol. The molecule has 2 aromatic rings. The van der Waals surface area contributed by atoms with Crippen molar-refractivity contribution in [3.63, 3.8) is 0 Å². The Labute approximate surface area is 148 Å². The molecule has 1 fully saturated rings. The molecule has 0 atom stereocenters. The molecule has 2 amide bonds. The van der Waals surface area contributed by atoms with E-state index in [0.29, 0.717) is 12.6 Å². The number of aliphatic hydroxyl groups excluding tert-OH is 1. The van der Waals surface area contributed by atoms with E-state index in [0.717, 1.165) is 37.8 Å². The number of urea groups is 1. The molecule has 0 spiro atoms. The molecule has 2 aliphatic carbocycles. The summed E-state index contributed by atoms with van der Waals surface area (Å²) in [5, 5.41) is 12.0. The summed E-state index contributed by atoms with van der Waals surface area (Å²) in [7, 11) is 0. The number of nitrogens with one attached hydrogen (secondary N) is 1. The highest BCUT2D eigenvalue weighted by Gasteiger charge is 2.32. The molecule has 0 bridgehead atoms. The van der Waals surface area contributed by atoms with Crippen molar-refractivity contribution in [2.75, 3.05) is 18.5 Å². The van der Waals surface area contributed by atoms with Crippen LogP contribution in [0.5, 0.6) is 0 Å². The summed E-state index contributed by atoms with van der Waals surface area (Å²) < 4.78 is 0. The lowest BCUT2D eigenvalue weighted by Crippen LogP contribution is -2.37. The average Bonchev–Trinajstić information content (AvgIpc) is 3.38. The first-order valence-electron chi connectivity index (χ1n) is 9.16. The second-order valence-corrected chi connectivity index (χ2v) is 6.99. The van der Waals surface area contributed by atoms with E-state index in [-0.39, 0.29) is 12.6 Å². The fraction of sp³-hybridized carbons (Fsp3) is 0.381. The van der Waals surface area contributed by atoms with Crippen LogP contribution >= 0.6 is 0 Å². The first-order valence-corrected chi connectivity index (χ1v) is 9.16. The number of hydrogen-bond acceptors (Lipinski definition) is 2. The van der Waals surface area contributed by atoms with Gasteiger partial charge in [0.05, 0.1) is 0 Å². The summed E-state index contributed by atoms with van der Waals surface area (Å²) in [6.07, 6.45) is 4.70. The number of carbonyl (C=O) groups is 1. The Bertz CT molecular complexity index is 783. The number of amides is 2. The Morgan fingerprint density at radius 3 is 2.68 bits per heavy atom. The minimum Gasteiger partial charge on any atom is -0.396 e. The standard InChI is InChI=1S/C21H24N2O2/c24-12-4-3-11-23(18-8-9-18)21(25)22-17-7-10-20-16(14-17)13-15-5-1-2-6-19(15)20/h1-2,5-7,10,14,18,24H,3-4,8-9,11-13H2,(H,22,25). The fourth-order valence-corrected chi connectivity index (χ4v) is 3.65. The van der Waals surface area contributed by atoms with Gasteiger partial charge in [-0.3, -0.25) is 0 Å². The molecule has 0 aliphatic heterocycles. The van der Waals surface area contributed by atoms with E-state index in [4.69, 9.17) is 5.11 Å². The Morgan fingerprint density at radius 1 is 1.08 bits per heavy atom. The minimum absolute atomic E-state index is 0.0177. The summed E-state index contributed by atoms with van der Waals surface area (Å²) in [6, 6.07) is 15.1. The van der Waals surface area contributed by atoms with Gasteiger partial charge in [0.15, 0.2) is 0 Å². The van der Waals surface area contributed by atoms with Crippen LogP contribution in [0.25, 0.3) is 11.1 Å². The topological polar surface area (TPSA) is 52.6 Å². The first-order chi connectivity index (χ1) is 12.3. The number of carbonyl (C=O) groups excluding carboxylic acids is 1. The van der Waals surface area contributed by atoms with Gasteiger partial charge in [-0.2, -0.15) is 0 Å². The number of hydrogen-bond donors (Lipinski definition) is 2. The Balaban J connectivity index is 1.46. The smallest absolute Gasteiger partial charge is 0.322 e. The molecule has 0 saturated heterocycles. The van der Waals surface area contributed by atoms with E-state index in [1.165, 1.54) is 22.3 Å². The number of anilines is 1. The molecule has 0 radical (unpaired) electrons. The van der Waals surface area contributed by atoms with Crippen LogP contribution in [0.2, 0.25) is 0 Å². The van der Waals surface area contributed by atoms with E-state index in [2.05, 4.69) is 41.7 Å². The molecule has 2 aromatic carbocycles. The van der Waals surface area contributed by atoms with Crippen molar-refractivity contribution < 1.29 is 9.90 Å². The van der Waals surface area contributed by atoms with Crippen LogP contribution in [-0.4, -0.2) is 35.2 Å². The summed E-state index contributed by atoms with van der Waals surface area (Å²) in [5.41, 5.74) is 6.07. The maximum absolute atomic E-state index is 12.7. The number of unbranched alkanes of at least 4 members (excludes halogenated alkanes) is 1. The lowest BCUT2D eigenvalue weighted by atomic mass is 10.1. The van der Waals surface area contributed by atoms with Gasteiger partial charge in [-0.25, -0.2) is 4.79 Å². The molecule has 2 N–H and O–H groups in total. The highest BCUT2D eigenvalue weighted by atomic mass is 16.3. The Kier molecular flexibility index (Phi) is 4.45. The third-order valence-corrected chi connectivity index (χ3v) is 5.10. The highest BCUT2D eigenvalue weighted by Crippen LogP contribution is 2.37. The third kappa shape index (κ3) is 3.40. The number of benzene rings is 2. The predicted octanol–water partition coefficient (Wildman–Crippen LogP) is 4.03. The average molecular weight is 336 g/mol. The number of rotatable bonds is 6. The van der Waals surface area contributed by atoms with Gasteiger partial charge < -0.3 is 15.3 Å². The number of aliphatic hydroxyl groups is 1. The Hall–Kier alpha value is -2.33. The maximum atomic E-state index is 12.7. The van der Waals surface area contributed by atoms with Crippen molar-refractivity contribution in [3.8, 4) is 11.1 Å². The van der Waals surface area contributed by atoms with Crippen molar-refractivity contribution in [1.82, 2.24) is 4.90 Å². The van der Waals surface area contributed by atoms with Crippen molar-refractivity contribution in [3.05, 3.63) is 53.6 Å². The van der Waals surface area contributed by atoms with E-state index >= 15 is 0 Å². The molecular weight excluding hydrogens is 312 g/mol. The van der Waals surface area contributed by atoms with Gasteiger partial charge in [-0.15, -0.1) is 0 Å². The predicted molar refractivity (Wildman–Crippen MR) is 99.8 cm³/mol. The van der Waals surface area contributed by atoms with E-state index < -0.39 is 0 Å². The molecule has 4 rings (SSSR count). The molecule has 4 nitrogen and oxygen atoms in total. The first kappa shape index (κ1) is 16.2. The fourth-order valence-electron chi connectivity index (χ4n) is 3.65. The van der Waals surface area contributed by atoms with Crippen LogP contribution in [0.1, 0.15) is 36.8 Å². The van der Waals surface area contributed by atoms with E-state index in [1.54, 1.807) is 0 Å².